The van der Waals surface area contributed by atoms with Crippen molar-refractivity contribution >= 4 is 38.9 Å². The number of benzene rings is 6. The number of allylic oxidation sites excluding steroid dienone is 8. The van der Waals surface area contributed by atoms with Crippen LogP contribution in [-0.4, -0.2) is 10.4 Å². The molecule has 2 heteroatoms. The van der Waals surface area contributed by atoms with Gasteiger partial charge in [-0.15, -0.1) is 0 Å². The second kappa shape index (κ2) is 11.9. The maximum absolute atomic E-state index is 14.1. The number of Topliss-reactive ketones (excluding diaryl/α,β-unsaturated/α-hetero) is 1. The summed E-state index contributed by atoms with van der Waals surface area (Å²) in [5.74, 6) is 0.845. The third kappa shape index (κ3) is 4.58. The lowest BCUT2D eigenvalue weighted by atomic mass is 9.70. The Balaban J connectivity index is 1.00. The molecule has 262 valence electrons. The number of para-hydroxylation sites is 1. The molecule has 3 unspecified atom stereocenters. The zero-order chi connectivity index (χ0) is 36.2. The molecule has 5 aliphatic carbocycles. The highest BCUT2D eigenvalue weighted by molar-refractivity contribution is 6.12. The fraction of sp³-hybridized carbons (Fsp3) is 0.151. The van der Waals surface area contributed by atoms with Crippen molar-refractivity contribution in [3.05, 3.63) is 202 Å². The van der Waals surface area contributed by atoms with Crippen molar-refractivity contribution in [2.45, 2.75) is 43.9 Å². The molecule has 7 aromatic rings. The lowest BCUT2D eigenvalue weighted by molar-refractivity contribution is -0.116. The summed E-state index contributed by atoms with van der Waals surface area (Å²) in [6.45, 7) is 0. The van der Waals surface area contributed by atoms with Gasteiger partial charge in [-0.05, 0) is 118 Å². The van der Waals surface area contributed by atoms with Gasteiger partial charge in [0.2, 0.25) is 0 Å². The van der Waals surface area contributed by atoms with Gasteiger partial charge in [0.1, 0.15) is 0 Å². The number of fused-ring (bicyclic) bond motifs is 11. The van der Waals surface area contributed by atoms with E-state index in [2.05, 4.69) is 162 Å². The smallest absolute Gasteiger partial charge is 0.170 e. The SMILES string of the molecule is O=C1C2=C(CC=C2)C2CC(n3c4ccccc4c4ccc(-c5ccc6c(c5)-c5ccccc5C6CCc5ccccc5)cc43)=CC3=C2CC1c1ccccc13. The zero-order valence-electron chi connectivity index (χ0n) is 30.6. The Bertz CT molecular complexity index is 2930. The molecule has 5 aliphatic rings. The third-order valence-corrected chi connectivity index (χ3v) is 13.4. The fourth-order valence-electron chi connectivity index (χ4n) is 10.9. The summed E-state index contributed by atoms with van der Waals surface area (Å²) in [5, 5.41) is 2.55. The van der Waals surface area contributed by atoms with Crippen LogP contribution in [0.25, 0.3) is 55.3 Å². The lowest BCUT2D eigenvalue weighted by Crippen LogP contribution is -2.21. The average molecular weight is 706 g/mol. The fourth-order valence-corrected chi connectivity index (χ4v) is 10.9. The van der Waals surface area contributed by atoms with Gasteiger partial charge in [0.25, 0.3) is 0 Å². The highest BCUT2D eigenvalue weighted by atomic mass is 16.1. The van der Waals surface area contributed by atoms with E-state index in [1.807, 2.05) is 0 Å². The van der Waals surface area contributed by atoms with Crippen molar-refractivity contribution in [2.75, 3.05) is 0 Å². The monoisotopic (exact) mass is 705 g/mol. The third-order valence-electron chi connectivity index (χ3n) is 13.4. The van der Waals surface area contributed by atoms with Crippen molar-refractivity contribution in [3.63, 3.8) is 0 Å². The van der Waals surface area contributed by atoms with Gasteiger partial charge in [-0.2, -0.15) is 0 Å². The Morgan fingerprint density at radius 3 is 2.20 bits per heavy atom. The summed E-state index contributed by atoms with van der Waals surface area (Å²) in [7, 11) is 0. The first kappa shape index (κ1) is 31.1. The van der Waals surface area contributed by atoms with E-state index in [0.717, 1.165) is 37.7 Å². The van der Waals surface area contributed by atoms with Crippen LogP contribution in [0.5, 0.6) is 0 Å². The van der Waals surface area contributed by atoms with Crippen LogP contribution >= 0.6 is 0 Å². The number of carbonyl (C=O) groups excluding carboxylic acids is 1. The highest BCUT2D eigenvalue weighted by Crippen LogP contribution is 2.55. The van der Waals surface area contributed by atoms with E-state index < -0.39 is 0 Å². The predicted molar refractivity (Wildman–Crippen MR) is 226 cm³/mol. The summed E-state index contributed by atoms with van der Waals surface area (Å²) in [6, 6.07) is 51.8. The highest BCUT2D eigenvalue weighted by Gasteiger charge is 2.43. The van der Waals surface area contributed by atoms with Crippen LogP contribution in [0.2, 0.25) is 0 Å². The quantitative estimate of drug-likeness (QED) is 0.175. The molecule has 0 N–H and O–H groups in total. The van der Waals surface area contributed by atoms with Crippen molar-refractivity contribution in [3.8, 4) is 22.3 Å². The van der Waals surface area contributed by atoms with Crippen molar-refractivity contribution in [1.29, 1.82) is 0 Å². The van der Waals surface area contributed by atoms with Gasteiger partial charge in [-0.25, -0.2) is 0 Å². The number of ketones is 1. The molecule has 2 nitrogen and oxygen atoms in total. The summed E-state index contributed by atoms with van der Waals surface area (Å²) >= 11 is 0. The molecule has 0 saturated heterocycles. The number of aromatic nitrogens is 1. The van der Waals surface area contributed by atoms with Crippen LogP contribution in [0.1, 0.15) is 65.3 Å². The first-order valence-electron chi connectivity index (χ1n) is 20.0. The van der Waals surface area contributed by atoms with Crippen LogP contribution in [0.4, 0.5) is 0 Å². The number of nitrogens with zero attached hydrogens (tertiary/aromatic N) is 1. The second-order valence-corrected chi connectivity index (χ2v) is 16.1. The van der Waals surface area contributed by atoms with Gasteiger partial charge in [0.05, 0.1) is 17.0 Å². The van der Waals surface area contributed by atoms with Gasteiger partial charge in [-0.3, -0.25) is 4.79 Å². The minimum absolute atomic E-state index is 0.0862. The molecule has 2 bridgehead atoms. The number of rotatable bonds is 5. The molecule has 12 rings (SSSR count). The Kier molecular flexibility index (Phi) is 6.72. The standard InChI is InChI=1S/C53H39NO/c55-53-45-19-10-18-40(45)48-30-35(29-47-38-15-6-7-16-39(38)50(53)31-49(47)48)54-51-20-9-8-17-43(51)44-26-23-34(28-52(44)54)33-22-25-42-41(24-21-32-11-2-1-3-12-32)36-13-4-5-14-37(36)46(42)27-33/h1-17,19-20,22-23,25-29,41,48,50H,18,21,24,30-31H2. The Morgan fingerprint density at radius 1 is 0.564 bits per heavy atom. The minimum atomic E-state index is -0.0862. The largest absolute Gasteiger partial charge is 0.313 e. The van der Waals surface area contributed by atoms with Crippen molar-refractivity contribution in [2.24, 2.45) is 5.92 Å². The molecule has 55 heavy (non-hydrogen) atoms. The molecule has 1 heterocycles. The summed E-state index contributed by atoms with van der Waals surface area (Å²) < 4.78 is 2.55. The van der Waals surface area contributed by atoms with Gasteiger partial charge in [0, 0.05) is 33.9 Å². The van der Waals surface area contributed by atoms with E-state index >= 15 is 0 Å². The molecule has 3 atom stereocenters. The van der Waals surface area contributed by atoms with Crippen molar-refractivity contribution in [1.82, 2.24) is 4.57 Å². The van der Waals surface area contributed by atoms with E-state index in [0.29, 0.717) is 11.7 Å². The molecule has 0 radical (unpaired) electrons. The molecule has 6 aromatic carbocycles. The Morgan fingerprint density at radius 2 is 1.29 bits per heavy atom. The molecule has 0 fully saturated rings. The van der Waals surface area contributed by atoms with Crippen LogP contribution in [0, 0.1) is 5.92 Å². The molecular formula is C53H39NO. The minimum Gasteiger partial charge on any atom is -0.313 e. The molecule has 0 spiro atoms. The number of hydrogen-bond acceptors (Lipinski definition) is 1. The molecule has 0 aliphatic heterocycles. The topological polar surface area (TPSA) is 22.0 Å². The van der Waals surface area contributed by atoms with Crippen LogP contribution in [0.3, 0.4) is 0 Å². The first-order chi connectivity index (χ1) is 27.2. The lowest BCUT2D eigenvalue weighted by Gasteiger charge is -2.35. The van der Waals surface area contributed by atoms with Crippen LogP contribution in [-0.2, 0) is 11.2 Å². The second-order valence-electron chi connectivity index (χ2n) is 16.1. The van der Waals surface area contributed by atoms with Crippen molar-refractivity contribution < 1.29 is 4.79 Å². The van der Waals surface area contributed by atoms with E-state index in [1.54, 1.807) is 0 Å². The van der Waals surface area contributed by atoms with Gasteiger partial charge < -0.3 is 4.57 Å². The van der Waals surface area contributed by atoms with Gasteiger partial charge >= 0.3 is 0 Å². The van der Waals surface area contributed by atoms with E-state index in [1.165, 1.54) is 94.3 Å². The molecule has 0 amide bonds. The Labute approximate surface area is 321 Å². The first-order valence-corrected chi connectivity index (χ1v) is 20.0. The van der Waals surface area contributed by atoms with E-state index in [9.17, 15) is 4.79 Å². The molecule has 1 aromatic heterocycles. The summed E-state index contributed by atoms with van der Waals surface area (Å²) in [6.07, 6.45) is 11.5. The van der Waals surface area contributed by atoms with E-state index in [-0.39, 0.29) is 11.8 Å². The molecule has 0 saturated carbocycles. The number of aryl methyl sites for hydroxylation is 1. The number of carbonyl (C=O) groups is 1. The van der Waals surface area contributed by atoms with Crippen LogP contribution < -0.4 is 0 Å². The Hall–Kier alpha value is -6.25. The zero-order valence-corrected chi connectivity index (χ0v) is 30.6. The van der Waals surface area contributed by atoms with Gasteiger partial charge in [0.15, 0.2) is 5.78 Å². The summed E-state index contributed by atoms with van der Waals surface area (Å²) in [5.41, 5.74) is 20.8. The van der Waals surface area contributed by atoms with Gasteiger partial charge in [-0.1, -0.05) is 139 Å². The maximum Gasteiger partial charge on any atom is 0.170 e. The number of hydrogen-bond donors (Lipinski definition) is 0. The van der Waals surface area contributed by atoms with Crippen LogP contribution in [0.15, 0.2) is 174 Å². The molecular weight excluding hydrogens is 667 g/mol. The average Bonchev–Trinajstić information content (AvgIpc) is 3.93. The normalized spacial score (nSPS) is 20.4. The maximum atomic E-state index is 14.1. The summed E-state index contributed by atoms with van der Waals surface area (Å²) in [4.78, 5) is 14.1. The predicted octanol–water partition coefficient (Wildman–Crippen LogP) is 12.8. The van der Waals surface area contributed by atoms with E-state index in [4.69, 9.17) is 0 Å².